The van der Waals surface area contributed by atoms with Crippen LogP contribution in [0.15, 0.2) is 6.07 Å². The maximum atomic E-state index is 15.6. The van der Waals surface area contributed by atoms with Crippen LogP contribution in [0, 0.1) is 12.7 Å². The number of nitrogens with zero attached hydrogens (tertiary/aromatic N) is 6. The lowest BCUT2D eigenvalue weighted by atomic mass is 9.83. The molecule has 2 aromatic heterocycles. The first-order chi connectivity index (χ1) is 19.9. The van der Waals surface area contributed by atoms with Crippen LogP contribution in [0.2, 0.25) is 0 Å². The number of aryl methyl sites for hydroxylation is 1. The van der Waals surface area contributed by atoms with Crippen LogP contribution in [0.25, 0.3) is 0 Å². The number of anilines is 3. The van der Waals surface area contributed by atoms with Crippen molar-refractivity contribution >= 4 is 43.8 Å². The van der Waals surface area contributed by atoms with E-state index in [9.17, 15) is 21.6 Å². The molecule has 4 rings (SSSR count). The number of ether oxygens (including phenoxy) is 1. The van der Waals surface area contributed by atoms with Crippen LogP contribution in [0.3, 0.4) is 0 Å². The van der Waals surface area contributed by atoms with Gasteiger partial charge in [0.25, 0.3) is 10.1 Å². The van der Waals surface area contributed by atoms with Crippen molar-refractivity contribution in [3.8, 4) is 0 Å². The molecule has 0 radical (unpaired) electrons. The van der Waals surface area contributed by atoms with Crippen LogP contribution in [-0.2, 0) is 35.7 Å². The van der Waals surface area contributed by atoms with E-state index in [0.717, 1.165) is 30.2 Å². The lowest BCUT2D eigenvalue weighted by Gasteiger charge is -2.49. The molecule has 3 atom stereocenters. The second-order valence-electron chi connectivity index (χ2n) is 12.0. The second kappa shape index (κ2) is 12.2. The fourth-order valence-corrected chi connectivity index (χ4v) is 7.43. The van der Waals surface area contributed by atoms with E-state index in [1.165, 1.54) is 6.07 Å². The van der Waals surface area contributed by atoms with Crippen molar-refractivity contribution in [2.75, 3.05) is 29.3 Å². The Morgan fingerprint density at radius 3 is 2.35 bits per heavy atom. The summed E-state index contributed by atoms with van der Waals surface area (Å²) >= 11 is 0. The Morgan fingerprint density at radius 1 is 1.16 bits per heavy atom. The van der Waals surface area contributed by atoms with E-state index in [-0.39, 0.29) is 47.2 Å². The number of halogens is 1. The van der Waals surface area contributed by atoms with Gasteiger partial charge in [0.15, 0.2) is 17.5 Å². The van der Waals surface area contributed by atoms with Gasteiger partial charge in [-0.15, -0.1) is 5.10 Å². The van der Waals surface area contributed by atoms with Crippen molar-refractivity contribution < 1.29 is 34.9 Å². The lowest BCUT2D eigenvalue weighted by molar-refractivity contribution is 0.0511. The molecule has 2 bridgehead atoms. The lowest BCUT2D eigenvalue weighted by Crippen LogP contribution is -2.58. The SMILES string of the molecule is CCS(=O)(=O)N1[C@@H]2CCC[C@H]1CC(N(C)c1nc(COS(C)(=O)=O)c(F)c(Nc3cc(C)n(C(=O)OC(C)(C)C)n3)n1)C2. The number of carbonyl (C=O) groups is 1. The molecular formula is C26H40FN7O7S2. The molecule has 2 fully saturated rings. The highest BCUT2D eigenvalue weighted by Gasteiger charge is 2.45. The maximum absolute atomic E-state index is 15.6. The van der Waals surface area contributed by atoms with E-state index in [4.69, 9.17) is 8.92 Å². The molecule has 2 saturated heterocycles. The minimum absolute atomic E-state index is 0.0312. The van der Waals surface area contributed by atoms with Gasteiger partial charge in [0.1, 0.15) is 17.9 Å². The van der Waals surface area contributed by atoms with Gasteiger partial charge in [-0.05, 0) is 60.3 Å². The number of aromatic nitrogens is 4. The minimum Gasteiger partial charge on any atom is -0.442 e. The Labute approximate surface area is 252 Å². The molecule has 1 N–H and O–H groups in total. The van der Waals surface area contributed by atoms with Gasteiger partial charge in [-0.3, -0.25) is 4.18 Å². The number of sulfonamides is 1. The van der Waals surface area contributed by atoms with Crippen molar-refractivity contribution in [3.63, 3.8) is 0 Å². The Kier molecular flexibility index (Phi) is 9.40. The average molecular weight is 646 g/mol. The van der Waals surface area contributed by atoms with E-state index < -0.39 is 44.3 Å². The molecule has 2 aliphatic heterocycles. The summed E-state index contributed by atoms with van der Waals surface area (Å²) in [7, 11) is -5.55. The fraction of sp³-hybridized carbons (Fsp3) is 0.692. The summed E-state index contributed by atoms with van der Waals surface area (Å²) in [4.78, 5) is 23.0. The molecule has 14 nitrogen and oxygen atoms in total. The van der Waals surface area contributed by atoms with Gasteiger partial charge < -0.3 is 15.0 Å². The fourth-order valence-electron chi connectivity index (χ4n) is 5.52. The topological polar surface area (TPSA) is 166 Å². The molecule has 0 saturated carbocycles. The van der Waals surface area contributed by atoms with Crippen LogP contribution >= 0.6 is 0 Å². The largest absolute Gasteiger partial charge is 0.442 e. The van der Waals surface area contributed by atoms with E-state index in [2.05, 4.69) is 20.4 Å². The van der Waals surface area contributed by atoms with Gasteiger partial charge in [0, 0.05) is 36.9 Å². The Balaban J connectivity index is 1.66. The summed E-state index contributed by atoms with van der Waals surface area (Å²) in [6.45, 7) is 7.75. The zero-order chi connectivity index (χ0) is 31.9. The first-order valence-electron chi connectivity index (χ1n) is 14.1. The molecule has 1 unspecified atom stereocenters. The quantitative estimate of drug-likeness (QED) is 0.396. The predicted molar refractivity (Wildman–Crippen MR) is 158 cm³/mol. The second-order valence-corrected chi connectivity index (χ2v) is 15.8. The molecule has 0 spiro atoms. The zero-order valence-electron chi connectivity index (χ0n) is 25.5. The van der Waals surface area contributed by atoms with Gasteiger partial charge in [-0.2, -0.15) is 22.4 Å². The summed E-state index contributed by atoms with van der Waals surface area (Å²) in [5.74, 6) is -1.04. The first kappa shape index (κ1) is 33.0. The Morgan fingerprint density at radius 2 is 1.79 bits per heavy atom. The standard InChI is InChI=1S/C26H40FN7O7S2/c1-8-43(38,39)34-17-10-9-11-18(34)14-19(13-17)32(6)24-28-20(15-40-42(7,36)37)22(27)23(30-24)29-21-12-16(2)33(31-21)25(35)41-26(3,4)5/h12,17-19H,8-11,13-15H2,1-7H3,(H,28,29,30,31)/t17-,18+,19?. The smallest absolute Gasteiger partial charge is 0.435 e. The van der Waals surface area contributed by atoms with Gasteiger partial charge in [0.2, 0.25) is 16.0 Å². The van der Waals surface area contributed by atoms with Crippen molar-refractivity contribution in [2.45, 2.75) is 97.1 Å². The van der Waals surface area contributed by atoms with Crippen molar-refractivity contribution in [1.29, 1.82) is 0 Å². The molecule has 17 heteroatoms. The molecule has 43 heavy (non-hydrogen) atoms. The highest BCUT2D eigenvalue weighted by Crippen LogP contribution is 2.38. The summed E-state index contributed by atoms with van der Waals surface area (Å²) in [6.07, 6.45) is 3.61. The number of hydrogen-bond donors (Lipinski definition) is 1. The van der Waals surface area contributed by atoms with Crippen molar-refractivity contribution in [3.05, 3.63) is 23.3 Å². The summed E-state index contributed by atoms with van der Waals surface area (Å²) in [5.41, 5.74) is -0.644. The van der Waals surface area contributed by atoms with Crippen LogP contribution in [-0.4, -0.2) is 89.8 Å². The number of hydrogen-bond acceptors (Lipinski definition) is 12. The molecule has 4 heterocycles. The third-order valence-electron chi connectivity index (χ3n) is 7.45. The van der Waals surface area contributed by atoms with E-state index in [0.29, 0.717) is 18.5 Å². The first-order valence-corrected chi connectivity index (χ1v) is 17.5. The van der Waals surface area contributed by atoms with Gasteiger partial charge in [-0.1, -0.05) is 6.42 Å². The van der Waals surface area contributed by atoms with E-state index in [1.807, 2.05) is 0 Å². The normalized spacial score (nSPS) is 21.4. The highest BCUT2D eigenvalue weighted by molar-refractivity contribution is 7.89. The third kappa shape index (κ3) is 7.80. The van der Waals surface area contributed by atoms with E-state index >= 15 is 4.39 Å². The molecule has 2 aromatic rings. The zero-order valence-corrected chi connectivity index (χ0v) is 27.1. The molecule has 240 valence electrons. The van der Waals surface area contributed by atoms with Gasteiger partial charge >= 0.3 is 6.09 Å². The summed E-state index contributed by atoms with van der Waals surface area (Å²) < 4.78 is 77.6. The molecular weight excluding hydrogens is 605 g/mol. The molecule has 0 aromatic carbocycles. The predicted octanol–water partition coefficient (Wildman–Crippen LogP) is 3.30. The number of piperidine rings is 2. The van der Waals surface area contributed by atoms with Gasteiger partial charge in [0.05, 0.1) is 12.0 Å². The number of rotatable bonds is 9. The highest BCUT2D eigenvalue weighted by atomic mass is 32.2. The summed E-state index contributed by atoms with van der Waals surface area (Å²) in [6, 6.07) is 1.01. The Hall–Kier alpha value is -2.89. The van der Waals surface area contributed by atoms with Crippen LogP contribution < -0.4 is 10.2 Å². The number of fused-ring (bicyclic) bond motifs is 2. The Bertz CT molecular complexity index is 1560. The molecule has 2 aliphatic rings. The maximum Gasteiger partial charge on any atom is 0.435 e. The third-order valence-corrected chi connectivity index (χ3v) is 9.96. The molecule has 0 aliphatic carbocycles. The molecule has 0 amide bonds. The number of carbonyl (C=O) groups excluding carboxylic acids is 1. The minimum atomic E-state index is -3.91. The average Bonchev–Trinajstić information content (AvgIpc) is 3.26. The van der Waals surface area contributed by atoms with Crippen molar-refractivity contribution in [2.24, 2.45) is 0 Å². The van der Waals surface area contributed by atoms with Crippen LogP contribution in [0.1, 0.15) is 71.2 Å². The van der Waals surface area contributed by atoms with Crippen LogP contribution in [0.5, 0.6) is 0 Å². The van der Waals surface area contributed by atoms with E-state index in [1.54, 1.807) is 50.9 Å². The monoisotopic (exact) mass is 645 g/mol. The number of nitrogens with one attached hydrogen (secondary N) is 1. The van der Waals surface area contributed by atoms with Crippen molar-refractivity contribution in [1.82, 2.24) is 24.1 Å². The van der Waals surface area contributed by atoms with Gasteiger partial charge in [-0.25, -0.2) is 22.6 Å². The van der Waals surface area contributed by atoms with Crippen LogP contribution in [0.4, 0.5) is 26.8 Å². The summed E-state index contributed by atoms with van der Waals surface area (Å²) in [5, 5.41) is 6.96.